The van der Waals surface area contributed by atoms with Crippen LogP contribution in [0.5, 0.6) is 0 Å². The van der Waals surface area contributed by atoms with Gasteiger partial charge in [0.1, 0.15) is 11.3 Å². The van der Waals surface area contributed by atoms with Gasteiger partial charge in [-0.05, 0) is 47.4 Å². The standard InChI is InChI=1S/C23H20F3N3O2/c24-23(25,26)19-9-8-18(21(30)28-19)22(31)29-20(15-4-2-1-3-5-15)16-7-6-14-10-11-27-13-17(14)12-16/h1-9,12,20,27H,10-11,13H2,(H,28,30)(H,29,31). The molecular weight excluding hydrogens is 407 g/mol. The number of fused-ring (bicyclic) bond motifs is 1. The molecule has 8 heteroatoms. The van der Waals surface area contributed by atoms with Crippen LogP contribution in [-0.2, 0) is 19.1 Å². The number of halogens is 3. The molecule has 0 fully saturated rings. The second-order valence-electron chi connectivity index (χ2n) is 7.38. The van der Waals surface area contributed by atoms with Crippen molar-refractivity contribution >= 4 is 5.91 Å². The highest BCUT2D eigenvalue weighted by molar-refractivity contribution is 5.94. The summed E-state index contributed by atoms with van der Waals surface area (Å²) in [6.45, 7) is 1.62. The summed E-state index contributed by atoms with van der Waals surface area (Å²) in [5, 5.41) is 6.12. The lowest BCUT2D eigenvalue weighted by molar-refractivity contribution is -0.141. The second-order valence-corrected chi connectivity index (χ2v) is 7.38. The second kappa shape index (κ2) is 8.39. The van der Waals surface area contributed by atoms with Crippen LogP contribution in [0.3, 0.4) is 0 Å². The number of H-pyrrole nitrogens is 1. The summed E-state index contributed by atoms with van der Waals surface area (Å²) in [7, 11) is 0. The molecule has 1 atom stereocenters. The molecule has 1 amide bonds. The number of hydrogen-bond acceptors (Lipinski definition) is 3. The van der Waals surface area contributed by atoms with Gasteiger partial charge in [0, 0.05) is 6.54 Å². The molecule has 1 unspecified atom stereocenters. The number of pyridine rings is 1. The maximum absolute atomic E-state index is 12.8. The first-order valence-corrected chi connectivity index (χ1v) is 9.81. The zero-order valence-corrected chi connectivity index (χ0v) is 16.4. The fraction of sp³-hybridized carbons (Fsp3) is 0.217. The molecule has 3 N–H and O–H groups in total. The van der Waals surface area contributed by atoms with Crippen molar-refractivity contribution in [1.82, 2.24) is 15.6 Å². The fourth-order valence-electron chi connectivity index (χ4n) is 3.71. The zero-order chi connectivity index (χ0) is 22.0. The number of hydrogen-bond donors (Lipinski definition) is 3. The number of aromatic amines is 1. The Morgan fingerprint density at radius 2 is 1.74 bits per heavy atom. The highest BCUT2D eigenvalue weighted by atomic mass is 19.4. The number of amides is 1. The van der Waals surface area contributed by atoms with E-state index in [1.807, 2.05) is 48.5 Å². The Balaban J connectivity index is 1.68. The molecule has 0 radical (unpaired) electrons. The Morgan fingerprint density at radius 1 is 0.968 bits per heavy atom. The Hall–Kier alpha value is -3.39. The lowest BCUT2D eigenvalue weighted by atomic mass is 9.92. The summed E-state index contributed by atoms with van der Waals surface area (Å²) in [4.78, 5) is 26.7. The number of alkyl halides is 3. The van der Waals surface area contributed by atoms with Gasteiger partial charge in [0.25, 0.3) is 11.5 Å². The van der Waals surface area contributed by atoms with E-state index in [2.05, 4.69) is 10.6 Å². The van der Waals surface area contributed by atoms with Crippen LogP contribution in [0.25, 0.3) is 0 Å². The number of nitrogens with one attached hydrogen (secondary N) is 3. The first-order valence-electron chi connectivity index (χ1n) is 9.81. The minimum absolute atomic E-state index is 0.381. The molecule has 1 aliphatic rings. The van der Waals surface area contributed by atoms with Gasteiger partial charge >= 0.3 is 6.18 Å². The molecular formula is C23H20F3N3O2. The normalized spacial score (nSPS) is 14.5. The molecule has 1 aromatic heterocycles. The van der Waals surface area contributed by atoms with Crippen LogP contribution in [0.1, 0.15) is 44.3 Å². The third kappa shape index (κ3) is 4.54. The van der Waals surface area contributed by atoms with E-state index in [-0.39, 0.29) is 5.56 Å². The minimum Gasteiger partial charge on any atom is -0.341 e. The molecule has 2 heterocycles. The number of benzene rings is 2. The van der Waals surface area contributed by atoms with Crippen molar-refractivity contribution in [2.24, 2.45) is 0 Å². The number of aromatic nitrogens is 1. The Labute approximate surface area is 176 Å². The summed E-state index contributed by atoms with van der Waals surface area (Å²) in [6, 6.07) is 16.2. The van der Waals surface area contributed by atoms with Crippen molar-refractivity contribution in [1.29, 1.82) is 0 Å². The number of carbonyl (C=O) groups is 1. The molecule has 0 saturated carbocycles. The summed E-state index contributed by atoms with van der Waals surface area (Å²) >= 11 is 0. The number of rotatable bonds is 4. The first-order chi connectivity index (χ1) is 14.8. The molecule has 0 aliphatic carbocycles. The van der Waals surface area contributed by atoms with E-state index in [0.717, 1.165) is 42.3 Å². The van der Waals surface area contributed by atoms with Gasteiger partial charge in [-0.25, -0.2) is 0 Å². The SMILES string of the molecule is O=C(NC(c1ccccc1)c1ccc2c(c1)CNCC2)c1ccc(C(F)(F)F)[nH]c1=O. The molecule has 160 valence electrons. The van der Waals surface area contributed by atoms with E-state index < -0.39 is 29.4 Å². The predicted molar refractivity (Wildman–Crippen MR) is 110 cm³/mol. The third-order valence-electron chi connectivity index (χ3n) is 5.32. The summed E-state index contributed by atoms with van der Waals surface area (Å²) in [5.74, 6) is -0.750. The molecule has 3 aromatic rings. The molecule has 0 spiro atoms. The lowest BCUT2D eigenvalue weighted by Gasteiger charge is -2.23. The molecule has 31 heavy (non-hydrogen) atoms. The van der Waals surface area contributed by atoms with E-state index in [4.69, 9.17) is 0 Å². The van der Waals surface area contributed by atoms with Crippen molar-refractivity contribution < 1.29 is 18.0 Å². The summed E-state index contributed by atoms with van der Waals surface area (Å²) < 4.78 is 38.4. The zero-order valence-electron chi connectivity index (χ0n) is 16.4. The van der Waals surface area contributed by atoms with Crippen molar-refractivity contribution in [3.63, 3.8) is 0 Å². The van der Waals surface area contributed by atoms with Crippen LogP contribution in [-0.4, -0.2) is 17.4 Å². The van der Waals surface area contributed by atoms with Gasteiger partial charge in [-0.2, -0.15) is 13.2 Å². The van der Waals surface area contributed by atoms with Gasteiger partial charge in [-0.3, -0.25) is 9.59 Å². The quantitative estimate of drug-likeness (QED) is 0.596. The van der Waals surface area contributed by atoms with Crippen molar-refractivity contribution in [3.8, 4) is 0 Å². The Bertz CT molecular complexity index is 1160. The van der Waals surface area contributed by atoms with E-state index in [9.17, 15) is 22.8 Å². The van der Waals surface area contributed by atoms with E-state index in [0.29, 0.717) is 6.07 Å². The average Bonchev–Trinajstić information content (AvgIpc) is 2.77. The number of carbonyl (C=O) groups excluding carboxylic acids is 1. The van der Waals surface area contributed by atoms with E-state index in [1.54, 1.807) is 4.98 Å². The van der Waals surface area contributed by atoms with Crippen molar-refractivity contribution in [2.75, 3.05) is 6.54 Å². The summed E-state index contributed by atoms with van der Waals surface area (Å²) in [5.41, 5.74) is 1.32. The van der Waals surface area contributed by atoms with Crippen LogP contribution in [0.4, 0.5) is 13.2 Å². The topological polar surface area (TPSA) is 74.0 Å². The highest BCUT2D eigenvalue weighted by Crippen LogP contribution is 2.28. The van der Waals surface area contributed by atoms with Crippen LogP contribution in [0.2, 0.25) is 0 Å². The average molecular weight is 427 g/mol. The van der Waals surface area contributed by atoms with Crippen LogP contribution >= 0.6 is 0 Å². The Kier molecular flexibility index (Phi) is 5.65. The van der Waals surface area contributed by atoms with Crippen LogP contribution < -0.4 is 16.2 Å². The minimum atomic E-state index is -4.70. The predicted octanol–water partition coefficient (Wildman–Crippen LogP) is 3.56. The van der Waals surface area contributed by atoms with Gasteiger partial charge in [0.15, 0.2) is 0 Å². The molecule has 0 bridgehead atoms. The van der Waals surface area contributed by atoms with Gasteiger partial charge < -0.3 is 15.6 Å². The smallest absolute Gasteiger partial charge is 0.341 e. The monoisotopic (exact) mass is 427 g/mol. The van der Waals surface area contributed by atoms with Crippen LogP contribution in [0.15, 0.2) is 65.5 Å². The lowest BCUT2D eigenvalue weighted by Crippen LogP contribution is -2.34. The van der Waals surface area contributed by atoms with Crippen LogP contribution in [0, 0.1) is 0 Å². The molecule has 5 nitrogen and oxygen atoms in total. The molecule has 4 rings (SSSR count). The van der Waals surface area contributed by atoms with E-state index in [1.165, 1.54) is 5.56 Å². The molecule has 1 aliphatic heterocycles. The molecule has 2 aromatic carbocycles. The Morgan fingerprint density at radius 3 is 2.45 bits per heavy atom. The van der Waals surface area contributed by atoms with Gasteiger partial charge in [-0.1, -0.05) is 48.5 Å². The van der Waals surface area contributed by atoms with Gasteiger partial charge in [-0.15, -0.1) is 0 Å². The van der Waals surface area contributed by atoms with E-state index >= 15 is 0 Å². The fourth-order valence-corrected chi connectivity index (χ4v) is 3.71. The van der Waals surface area contributed by atoms with Crippen molar-refractivity contribution in [3.05, 3.63) is 105 Å². The van der Waals surface area contributed by atoms with Gasteiger partial charge in [0.05, 0.1) is 6.04 Å². The maximum Gasteiger partial charge on any atom is 0.431 e. The summed E-state index contributed by atoms with van der Waals surface area (Å²) in [6.07, 6.45) is -3.78. The third-order valence-corrected chi connectivity index (χ3v) is 5.32. The highest BCUT2D eigenvalue weighted by Gasteiger charge is 2.32. The first kappa shape index (κ1) is 20.9. The van der Waals surface area contributed by atoms with Crippen molar-refractivity contribution in [2.45, 2.75) is 25.2 Å². The van der Waals surface area contributed by atoms with Gasteiger partial charge in [0.2, 0.25) is 0 Å². The largest absolute Gasteiger partial charge is 0.431 e. The maximum atomic E-state index is 12.8. The molecule has 0 saturated heterocycles.